The van der Waals surface area contributed by atoms with Crippen LogP contribution in [0.15, 0.2) is 41.8 Å². The van der Waals surface area contributed by atoms with Crippen LogP contribution in [0.1, 0.15) is 37.3 Å². The number of nitrogens with zero attached hydrogens (tertiary/aromatic N) is 6. The number of aromatic nitrogens is 4. The number of thiophene rings is 1. The van der Waals surface area contributed by atoms with Crippen LogP contribution in [0, 0.1) is 6.92 Å². The molecule has 0 saturated carbocycles. The van der Waals surface area contributed by atoms with Gasteiger partial charge in [0.25, 0.3) is 0 Å². The van der Waals surface area contributed by atoms with Crippen LogP contribution < -0.4 is 5.32 Å². The molecule has 3 heterocycles. The van der Waals surface area contributed by atoms with E-state index in [1.54, 1.807) is 4.90 Å². The Morgan fingerprint density at radius 3 is 2.54 bits per heavy atom. The number of benzene rings is 1. The van der Waals surface area contributed by atoms with Gasteiger partial charge >= 0.3 is 0 Å². The molecule has 1 unspecified atom stereocenters. The quantitative estimate of drug-likeness (QED) is 0.458. The average Bonchev–Trinajstić information content (AvgIpc) is 3.54. The molecule has 0 radical (unpaired) electrons. The van der Waals surface area contributed by atoms with Crippen molar-refractivity contribution in [3.63, 3.8) is 0 Å². The molecule has 37 heavy (non-hydrogen) atoms. The van der Waals surface area contributed by atoms with E-state index in [1.807, 2.05) is 69.5 Å². The molecule has 2 amide bonds. The highest BCUT2D eigenvalue weighted by atomic mass is 32.1. The van der Waals surface area contributed by atoms with Crippen molar-refractivity contribution in [1.29, 1.82) is 0 Å². The van der Waals surface area contributed by atoms with Crippen molar-refractivity contribution >= 4 is 23.2 Å². The lowest BCUT2D eigenvalue weighted by Crippen LogP contribution is -2.51. The van der Waals surface area contributed by atoms with Gasteiger partial charge in [0.15, 0.2) is 0 Å². The van der Waals surface area contributed by atoms with E-state index in [9.17, 15) is 9.59 Å². The number of rotatable bonds is 9. The van der Waals surface area contributed by atoms with Crippen LogP contribution in [0.25, 0.3) is 11.4 Å². The minimum atomic E-state index is -0.757. The van der Waals surface area contributed by atoms with E-state index >= 15 is 0 Å². The van der Waals surface area contributed by atoms with Crippen molar-refractivity contribution in [3.8, 4) is 11.4 Å². The first-order valence-corrected chi connectivity index (χ1v) is 13.4. The van der Waals surface area contributed by atoms with Crippen LogP contribution >= 0.6 is 11.3 Å². The minimum Gasteiger partial charge on any atom is -0.379 e. The summed E-state index contributed by atoms with van der Waals surface area (Å²) in [7, 11) is 0. The van der Waals surface area contributed by atoms with Crippen molar-refractivity contribution in [1.82, 2.24) is 35.3 Å². The maximum absolute atomic E-state index is 13.8. The Morgan fingerprint density at radius 2 is 1.89 bits per heavy atom. The normalized spacial score (nSPS) is 15.4. The molecular formula is C26H35N7O3S. The summed E-state index contributed by atoms with van der Waals surface area (Å²) >= 11 is 1.46. The Balaban J connectivity index is 1.58. The molecule has 1 aliphatic heterocycles. The van der Waals surface area contributed by atoms with Crippen molar-refractivity contribution in [2.75, 3.05) is 39.4 Å². The lowest BCUT2D eigenvalue weighted by atomic mass is 10.1. The molecule has 198 valence electrons. The van der Waals surface area contributed by atoms with Gasteiger partial charge in [-0.15, -0.1) is 21.5 Å². The second-order valence-corrected chi connectivity index (χ2v) is 11.2. The lowest BCUT2D eigenvalue weighted by molar-refractivity contribution is -0.142. The lowest BCUT2D eigenvalue weighted by Gasteiger charge is -2.35. The second-order valence-electron chi connectivity index (χ2n) is 10.2. The van der Waals surface area contributed by atoms with Gasteiger partial charge in [0.05, 0.1) is 13.2 Å². The molecule has 0 spiro atoms. The number of aryl methyl sites for hydroxylation is 1. The van der Waals surface area contributed by atoms with Crippen LogP contribution in [0.4, 0.5) is 0 Å². The third-order valence-corrected chi connectivity index (χ3v) is 6.92. The number of carbonyl (C=O) groups excluding carboxylic acids is 2. The van der Waals surface area contributed by atoms with E-state index < -0.39 is 11.6 Å². The van der Waals surface area contributed by atoms with Crippen LogP contribution in [0.3, 0.4) is 0 Å². The maximum atomic E-state index is 13.8. The van der Waals surface area contributed by atoms with Gasteiger partial charge in [0, 0.05) is 42.2 Å². The first-order chi connectivity index (χ1) is 17.7. The van der Waals surface area contributed by atoms with Crippen molar-refractivity contribution in [2.45, 2.75) is 45.8 Å². The molecule has 11 heteroatoms. The van der Waals surface area contributed by atoms with E-state index in [-0.39, 0.29) is 18.4 Å². The highest BCUT2D eigenvalue weighted by Crippen LogP contribution is 2.27. The predicted octanol–water partition coefficient (Wildman–Crippen LogP) is 2.53. The third-order valence-electron chi connectivity index (χ3n) is 5.99. The molecule has 1 atom stereocenters. The molecule has 10 nitrogen and oxygen atoms in total. The zero-order chi connectivity index (χ0) is 26.4. The first kappa shape index (κ1) is 26.9. The first-order valence-electron chi connectivity index (χ1n) is 12.5. The fraction of sp³-hybridized carbons (Fsp3) is 0.500. The number of amides is 2. The topological polar surface area (TPSA) is 105 Å². The number of ether oxygens (including phenoxy) is 1. The number of nitrogens with one attached hydrogen (secondary N) is 1. The predicted molar refractivity (Wildman–Crippen MR) is 142 cm³/mol. The molecule has 1 N–H and O–H groups in total. The summed E-state index contributed by atoms with van der Waals surface area (Å²) < 4.78 is 5.47. The molecule has 1 aromatic carbocycles. The number of hydrogen-bond donors (Lipinski definition) is 1. The van der Waals surface area contributed by atoms with Gasteiger partial charge in [0.2, 0.25) is 17.6 Å². The molecule has 1 aliphatic rings. The van der Waals surface area contributed by atoms with Crippen LogP contribution in [-0.4, -0.2) is 86.8 Å². The van der Waals surface area contributed by atoms with Gasteiger partial charge in [-0.2, -0.15) is 4.80 Å². The second kappa shape index (κ2) is 11.9. The van der Waals surface area contributed by atoms with Crippen molar-refractivity contribution < 1.29 is 14.3 Å². The van der Waals surface area contributed by atoms with Crippen molar-refractivity contribution in [3.05, 3.63) is 52.2 Å². The summed E-state index contributed by atoms with van der Waals surface area (Å²) in [5.74, 6) is -0.00584. The van der Waals surface area contributed by atoms with Gasteiger partial charge in [0.1, 0.15) is 12.6 Å². The Bertz CT molecular complexity index is 1170. The molecule has 2 aromatic heterocycles. The van der Waals surface area contributed by atoms with Gasteiger partial charge in [-0.3, -0.25) is 14.5 Å². The smallest absolute Gasteiger partial charge is 0.248 e. The van der Waals surface area contributed by atoms with Crippen LogP contribution in [0.5, 0.6) is 0 Å². The standard InChI is InChI=1S/C26H35N7O3S/c1-19-7-9-20(10-8-19)24-28-30-33(29-24)18-22(34)32(12-11-31-13-15-36-16-14-31)23(21-6-5-17-37-21)25(35)27-26(2,3)4/h5-10,17,23H,11-16,18H2,1-4H3,(H,27,35). The minimum absolute atomic E-state index is 0.118. The Hall–Kier alpha value is -3.15. The third kappa shape index (κ3) is 7.43. The number of tetrazole rings is 1. The van der Waals surface area contributed by atoms with E-state index in [0.29, 0.717) is 32.1 Å². The van der Waals surface area contributed by atoms with E-state index in [2.05, 4.69) is 25.6 Å². The van der Waals surface area contributed by atoms with Crippen molar-refractivity contribution in [2.24, 2.45) is 0 Å². The summed E-state index contributed by atoms with van der Waals surface area (Å²) in [6, 6.07) is 10.9. The monoisotopic (exact) mass is 525 g/mol. The van der Waals surface area contributed by atoms with E-state index in [0.717, 1.165) is 29.1 Å². The Labute approximate surface area is 221 Å². The number of carbonyl (C=O) groups is 2. The summed E-state index contributed by atoms with van der Waals surface area (Å²) in [6.45, 7) is 11.6. The largest absolute Gasteiger partial charge is 0.379 e. The maximum Gasteiger partial charge on any atom is 0.248 e. The summed E-state index contributed by atoms with van der Waals surface area (Å²) in [5.41, 5.74) is 1.52. The molecule has 1 saturated heterocycles. The SMILES string of the molecule is Cc1ccc(-c2nnn(CC(=O)N(CCN3CCOCC3)C(C(=O)NC(C)(C)C)c3cccs3)n2)cc1. The van der Waals surface area contributed by atoms with Crippen LogP contribution in [0.2, 0.25) is 0 Å². The summed E-state index contributed by atoms with van der Waals surface area (Å²) in [5, 5.41) is 17.7. The van der Waals surface area contributed by atoms with E-state index in [4.69, 9.17) is 4.74 Å². The fourth-order valence-corrected chi connectivity index (χ4v) is 4.96. The zero-order valence-corrected chi connectivity index (χ0v) is 22.7. The van der Waals surface area contributed by atoms with Gasteiger partial charge in [-0.1, -0.05) is 35.9 Å². The van der Waals surface area contributed by atoms with Gasteiger partial charge in [-0.25, -0.2) is 0 Å². The molecule has 0 bridgehead atoms. The van der Waals surface area contributed by atoms with Gasteiger partial charge < -0.3 is 15.0 Å². The molecule has 4 rings (SSSR count). The molecule has 1 fully saturated rings. The van der Waals surface area contributed by atoms with Gasteiger partial charge in [-0.05, 0) is 44.4 Å². The van der Waals surface area contributed by atoms with Crippen LogP contribution in [-0.2, 0) is 20.9 Å². The molecule has 3 aromatic rings. The number of morpholine rings is 1. The average molecular weight is 526 g/mol. The highest BCUT2D eigenvalue weighted by Gasteiger charge is 2.34. The fourth-order valence-electron chi connectivity index (χ4n) is 4.12. The molecular weight excluding hydrogens is 490 g/mol. The Kier molecular flexibility index (Phi) is 8.67. The molecule has 0 aliphatic carbocycles. The summed E-state index contributed by atoms with van der Waals surface area (Å²) in [4.78, 5) is 33.3. The number of hydrogen-bond acceptors (Lipinski definition) is 8. The highest BCUT2D eigenvalue weighted by molar-refractivity contribution is 7.10. The zero-order valence-electron chi connectivity index (χ0n) is 21.9. The van der Waals surface area contributed by atoms with E-state index in [1.165, 1.54) is 16.1 Å². The summed E-state index contributed by atoms with van der Waals surface area (Å²) in [6.07, 6.45) is 0. The Morgan fingerprint density at radius 1 is 1.16 bits per heavy atom.